The first-order valence-corrected chi connectivity index (χ1v) is 11.3. The molecule has 0 aromatic heterocycles. The van der Waals surface area contributed by atoms with E-state index < -0.39 is 17.0 Å². The predicted molar refractivity (Wildman–Crippen MR) is 117 cm³/mol. The van der Waals surface area contributed by atoms with Crippen LogP contribution in [0.1, 0.15) is 90.4 Å². The highest BCUT2D eigenvalue weighted by Gasteiger charge is 2.16. The van der Waals surface area contributed by atoms with E-state index in [0.29, 0.717) is 6.42 Å². The molecule has 0 spiro atoms. The molecule has 0 fully saturated rings. The molecule has 8 heteroatoms. The number of nitrogens with zero attached hydrogens (tertiary/aromatic N) is 1. The summed E-state index contributed by atoms with van der Waals surface area (Å²) >= 11 is 0. The number of carboxylic acids is 1. The molecule has 0 aliphatic rings. The van der Waals surface area contributed by atoms with E-state index in [9.17, 15) is 19.7 Å². The zero-order valence-corrected chi connectivity index (χ0v) is 18.4. The number of benzene rings is 1. The molecule has 1 unspecified atom stereocenters. The smallest absolute Gasteiger partial charge is 0.481 e. The van der Waals surface area contributed by atoms with Crippen molar-refractivity contribution >= 4 is 17.8 Å². The lowest BCUT2D eigenvalue weighted by molar-refractivity contribution is -0.384. The molecule has 8 nitrogen and oxygen atoms in total. The SMILES string of the molecule is CCCCCCC(CCCCCCCCC(=O)O)OC(=O)Oc1ccc([N+](=O)[O-])cc1. The molecule has 1 rings (SSSR count). The van der Waals surface area contributed by atoms with Gasteiger partial charge in [-0.15, -0.1) is 0 Å². The second-order valence-corrected chi connectivity index (χ2v) is 7.75. The number of carbonyl (C=O) groups excluding carboxylic acids is 1. The van der Waals surface area contributed by atoms with Gasteiger partial charge in [-0.3, -0.25) is 14.9 Å². The summed E-state index contributed by atoms with van der Waals surface area (Å²) in [6.07, 6.45) is 10.8. The van der Waals surface area contributed by atoms with Gasteiger partial charge in [0.25, 0.3) is 5.69 Å². The fourth-order valence-electron chi connectivity index (χ4n) is 3.31. The third kappa shape index (κ3) is 13.3. The third-order valence-electron chi connectivity index (χ3n) is 5.06. The molecule has 0 saturated heterocycles. The van der Waals surface area contributed by atoms with E-state index in [0.717, 1.165) is 70.6 Å². The fourth-order valence-corrected chi connectivity index (χ4v) is 3.31. The first-order valence-electron chi connectivity index (χ1n) is 11.3. The summed E-state index contributed by atoms with van der Waals surface area (Å²) in [5.74, 6) is -0.537. The second kappa shape index (κ2) is 16.1. The van der Waals surface area contributed by atoms with Crippen LogP contribution in [0.25, 0.3) is 0 Å². The van der Waals surface area contributed by atoms with Gasteiger partial charge < -0.3 is 14.6 Å². The molecular weight excluding hydrogens is 402 g/mol. The molecule has 1 aromatic rings. The van der Waals surface area contributed by atoms with Crippen LogP contribution in [-0.2, 0) is 9.53 Å². The van der Waals surface area contributed by atoms with E-state index in [2.05, 4.69) is 6.92 Å². The van der Waals surface area contributed by atoms with E-state index in [4.69, 9.17) is 14.6 Å². The summed E-state index contributed by atoms with van der Waals surface area (Å²) in [6.45, 7) is 2.14. The number of carbonyl (C=O) groups is 2. The summed E-state index contributed by atoms with van der Waals surface area (Å²) in [5, 5.41) is 19.3. The van der Waals surface area contributed by atoms with Gasteiger partial charge in [0, 0.05) is 18.6 Å². The maximum atomic E-state index is 12.2. The number of nitro benzene ring substituents is 1. The van der Waals surface area contributed by atoms with E-state index in [1.54, 1.807) is 0 Å². The largest absolute Gasteiger partial charge is 0.514 e. The molecule has 1 aromatic carbocycles. The maximum absolute atomic E-state index is 12.2. The first-order chi connectivity index (χ1) is 14.9. The lowest BCUT2D eigenvalue weighted by Gasteiger charge is -2.17. The average molecular weight is 438 g/mol. The van der Waals surface area contributed by atoms with Gasteiger partial charge >= 0.3 is 12.1 Å². The topological polar surface area (TPSA) is 116 Å². The number of carboxylic acid groups (broad SMARTS) is 1. The highest BCUT2D eigenvalue weighted by atomic mass is 16.7. The standard InChI is InChI=1S/C23H35NO7/c1-2-3-4-9-12-20(13-10-7-5-6-8-11-14-22(25)26)30-23(27)31-21-17-15-19(16-18-21)24(28)29/h15-18,20H,2-14H2,1H3,(H,25,26). The Balaban J connectivity index is 2.38. The predicted octanol–water partition coefficient (Wildman–Crippen LogP) is 6.65. The molecule has 1 N–H and O–H groups in total. The van der Waals surface area contributed by atoms with Crippen LogP contribution < -0.4 is 4.74 Å². The molecule has 0 amide bonds. The Morgan fingerprint density at radius 1 is 0.935 bits per heavy atom. The highest BCUT2D eigenvalue weighted by molar-refractivity contribution is 5.66. The van der Waals surface area contributed by atoms with E-state index in [-0.39, 0.29) is 24.0 Å². The molecule has 1 atom stereocenters. The zero-order valence-electron chi connectivity index (χ0n) is 18.4. The van der Waals surface area contributed by atoms with Crippen molar-refractivity contribution < 1.29 is 29.1 Å². The minimum absolute atomic E-state index is 0.0718. The third-order valence-corrected chi connectivity index (χ3v) is 5.06. The van der Waals surface area contributed by atoms with E-state index in [1.165, 1.54) is 24.3 Å². The van der Waals surface area contributed by atoms with Crippen LogP contribution in [0.2, 0.25) is 0 Å². The Bertz CT molecular complexity index is 660. The van der Waals surface area contributed by atoms with Crippen molar-refractivity contribution in [2.45, 2.75) is 96.5 Å². The summed E-state index contributed by atoms with van der Waals surface area (Å²) in [5.41, 5.74) is -0.0718. The van der Waals surface area contributed by atoms with Crippen molar-refractivity contribution in [3.63, 3.8) is 0 Å². The Hall–Kier alpha value is -2.64. The van der Waals surface area contributed by atoms with Gasteiger partial charge in [0.2, 0.25) is 0 Å². The zero-order chi connectivity index (χ0) is 22.9. The minimum Gasteiger partial charge on any atom is -0.481 e. The summed E-state index contributed by atoms with van der Waals surface area (Å²) in [7, 11) is 0. The molecule has 0 bridgehead atoms. The van der Waals surface area contributed by atoms with Gasteiger partial charge in [0.1, 0.15) is 11.9 Å². The normalized spacial score (nSPS) is 11.6. The molecule has 0 heterocycles. The number of unbranched alkanes of at least 4 members (excludes halogenated alkanes) is 8. The van der Waals surface area contributed by atoms with Gasteiger partial charge in [0.15, 0.2) is 0 Å². The van der Waals surface area contributed by atoms with Crippen LogP contribution in [0, 0.1) is 10.1 Å². The monoisotopic (exact) mass is 437 g/mol. The number of nitro groups is 1. The lowest BCUT2D eigenvalue weighted by atomic mass is 10.0. The number of ether oxygens (including phenoxy) is 2. The van der Waals surface area contributed by atoms with Crippen molar-refractivity contribution in [2.75, 3.05) is 0 Å². The van der Waals surface area contributed by atoms with Crippen molar-refractivity contribution in [3.05, 3.63) is 34.4 Å². The van der Waals surface area contributed by atoms with Gasteiger partial charge in [-0.2, -0.15) is 0 Å². The molecule has 0 aliphatic heterocycles. The number of aliphatic carboxylic acids is 1. The van der Waals surface area contributed by atoms with Crippen molar-refractivity contribution in [1.82, 2.24) is 0 Å². The quantitative estimate of drug-likeness (QED) is 0.0952. The number of hydrogen-bond donors (Lipinski definition) is 1. The summed E-state index contributed by atoms with van der Waals surface area (Å²) in [4.78, 5) is 32.9. The maximum Gasteiger partial charge on any atom is 0.514 e. The fraction of sp³-hybridized carbons (Fsp3) is 0.652. The Morgan fingerprint density at radius 2 is 1.48 bits per heavy atom. The Morgan fingerprint density at radius 3 is 2.03 bits per heavy atom. The molecule has 174 valence electrons. The van der Waals surface area contributed by atoms with Gasteiger partial charge in [0.05, 0.1) is 4.92 Å². The van der Waals surface area contributed by atoms with Gasteiger partial charge in [-0.05, 0) is 44.2 Å². The van der Waals surface area contributed by atoms with E-state index in [1.807, 2.05) is 0 Å². The Labute approximate surface area is 184 Å². The summed E-state index contributed by atoms with van der Waals surface area (Å²) in [6, 6.07) is 5.31. The molecule has 0 radical (unpaired) electrons. The molecule has 0 aliphatic carbocycles. The number of rotatable bonds is 17. The van der Waals surface area contributed by atoms with Crippen LogP contribution in [-0.4, -0.2) is 28.3 Å². The minimum atomic E-state index is -0.789. The van der Waals surface area contributed by atoms with Crippen LogP contribution in [0.3, 0.4) is 0 Å². The van der Waals surface area contributed by atoms with Gasteiger partial charge in [-0.25, -0.2) is 4.79 Å². The van der Waals surface area contributed by atoms with Crippen molar-refractivity contribution in [1.29, 1.82) is 0 Å². The van der Waals surface area contributed by atoms with Crippen LogP contribution in [0.5, 0.6) is 5.75 Å². The molecular formula is C23H35NO7. The first kappa shape index (κ1) is 26.4. The number of non-ortho nitro benzene ring substituents is 1. The Kier molecular flexibility index (Phi) is 13.7. The van der Waals surface area contributed by atoms with Crippen molar-refractivity contribution in [2.24, 2.45) is 0 Å². The van der Waals surface area contributed by atoms with Crippen LogP contribution in [0.4, 0.5) is 10.5 Å². The second-order valence-electron chi connectivity index (χ2n) is 7.75. The van der Waals surface area contributed by atoms with Crippen molar-refractivity contribution in [3.8, 4) is 5.75 Å². The molecule has 0 saturated carbocycles. The average Bonchev–Trinajstić information content (AvgIpc) is 2.72. The summed E-state index contributed by atoms with van der Waals surface area (Å²) < 4.78 is 10.7. The van der Waals surface area contributed by atoms with Crippen LogP contribution >= 0.6 is 0 Å². The van der Waals surface area contributed by atoms with Gasteiger partial charge in [-0.1, -0.05) is 51.9 Å². The highest BCUT2D eigenvalue weighted by Crippen LogP contribution is 2.20. The molecule has 31 heavy (non-hydrogen) atoms. The number of hydrogen-bond acceptors (Lipinski definition) is 6. The lowest BCUT2D eigenvalue weighted by Crippen LogP contribution is -2.21. The van der Waals surface area contributed by atoms with Crippen LogP contribution in [0.15, 0.2) is 24.3 Å². The van der Waals surface area contributed by atoms with E-state index >= 15 is 0 Å².